The van der Waals surface area contributed by atoms with Crippen LogP contribution in [-0.4, -0.2) is 0 Å². The Labute approximate surface area is 103 Å². The molecule has 1 heteroatoms. The molecule has 0 amide bonds. The highest BCUT2D eigenvalue weighted by atomic mass is 127. The Kier molecular flexibility index (Phi) is 2.09. The van der Waals surface area contributed by atoms with Crippen LogP contribution in [0.5, 0.6) is 0 Å². The first-order valence-corrected chi connectivity index (χ1v) is 6.21. The smallest absolute Gasteiger partial charge is 0.0171 e. The molecule has 0 saturated carbocycles. The number of hydrogen-bond donors (Lipinski definition) is 0. The van der Waals surface area contributed by atoms with Crippen LogP contribution in [0.1, 0.15) is 16.7 Å². The normalized spacial score (nSPS) is 12.4. The third kappa shape index (κ3) is 1.41. The van der Waals surface area contributed by atoms with Crippen LogP contribution in [0, 0.1) is 10.5 Å². The van der Waals surface area contributed by atoms with Gasteiger partial charge in [-0.25, -0.2) is 0 Å². The quantitative estimate of drug-likeness (QED) is 0.547. The molecular formula is C14H11I. The maximum Gasteiger partial charge on any atom is 0.0171 e. The molecule has 0 bridgehead atoms. The summed E-state index contributed by atoms with van der Waals surface area (Å²) in [4.78, 5) is 0. The second-order valence-corrected chi connectivity index (χ2v) is 5.27. The highest BCUT2D eigenvalue weighted by Gasteiger charge is 2.19. The average molecular weight is 306 g/mol. The monoisotopic (exact) mass is 306 g/mol. The molecule has 0 nitrogen and oxygen atoms in total. The van der Waals surface area contributed by atoms with Crippen molar-refractivity contribution >= 4 is 22.6 Å². The van der Waals surface area contributed by atoms with Gasteiger partial charge in [-0.15, -0.1) is 0 Å². The van der Waals surface area contributed by atoms with Crippen molar-refractivity contribution in [3.8, 4) is 11.1 Å². The van der Waals surface area contributed by atoms with Crippen molar-refractivity contribution in [3.63, 3.8) is 0 Å². The number of fused-ring (bicyclic) bond motifs is 3. The van der Waals surface area contributed by atoms with Crippen molar-refractivity contribution < 1.29 is 0 Å². The number of halogens is 1. The first-order chi connectivity index (χ1) is 7.25. The molecule has 0 aromatic heterocycles. The van der Waals surface area contributed by atoms with E-state index in [0.717, 1.165) is 6.42 Å². The summed E-state index contributed by atoms with van der Waals surface area (Å²) in [7, 11) is 0. The third-order valence-corrected chi connectivity index (χ3v) is 4.05. The molecule has 0 fully saturated rings. The van der Waals surface area contributed by atoms with Gasteiger partial charge in [-0.1, -0.05) is 35.9 Å². The molecule has 0 saturated heterocycles. The van der Waals surface area contributed by atoms with Gasteiger partial charge in [0.2, 0.25) is 0 Å². The second kappa shape index (κ2) is 3.34. The topological polar surface area (TPSA) is 0 Å². The predicted molar refractivity (Wildman–Crippen MR) is 72.1 cm³/mol. The standard InChI is InChI=1S/C14H11I/c1-9-5-6-11-10(7-9)8-13-12(11)3-2-4-14(13)15/h2-7H,8H2,1H3. The van der Waals surface area contributed by atoms with Crippen LogP contribution in [-0.2, 0) is 6.42 Å². The van der Waals surface area contributed by atoms with E-state index in [1.807, 2.05) is 0 Å². The summed E-state index contributed by atoms with van der Waals surface area (Å²) in [6.07, 6.45) is 1.10. The van der Waals surface area contributed by atoms with E-state index in [-0.39, 0.29) is 0 Å². The Bertz CT molecular complexity index is 541. The summed E-state index contributed by atoms with van der Waals surface area (Å²) in [5.41, 5.74) is 7.19. The molecule has 0 atom stereocenters. The fourth-order valence-electron chi connectivity index (χ4n) is 2.31. The summed E-state index contributed by atoms with van der Waals surface area (Å²) in [5, 5.41) is 0. The molecule has 1 aliphatic carbocycles. The third-order valence-electron chi connectivity index (χ3n) is 3.04. The zero-order chi connectivity index (χ0) is 10.4. The van der Waals surface area contributed by atoms with E-state index < -0.39 is 0 Å². The van der Waals surface area contributed by atoms with Crippen LogP contribution in [0.4, 0.5) is 0 Å². The van der Waals surface area contributed by atoms with E-state index >= 15 is 0 Å². The first-order valence-electron chi connectivity index (χ1n) is 5.13. The molecule has 0 radical (unpaired) electrons. The van der Waals surface area contributed by atoms with Crippen molar-refractivity contribution in [2.75, 3.05) is 0 Å². The predicted octanol–water partition coefficient (Wildman–Crippen LogP) is 4.17. The fraction of sp³-hybridized carbons (Fsp3) is 0.143. The van der Waals surface area contributed by atoms with Gasteiger partial charge in [-0.3, -0.25) is 0 Å². The lowest BCUT2D eigenvalue weighted by molar-refractivity contribution is 1.23. The highest BCUT2D eigenvalue weighted by molar-refractivity contribution is 14.1. The molecule has 15 heavy (non-hydrogen) atoms. The van der Waals surface area contributed by atoms with Crippen molar-refractivity contribution in [1.29, 1.82) is 0 Å². The molecule has 74 valence electrons. The van der Waals surface area contributed by atoms with Crippen LogP contribution in [0.2, 0.25) is 0 Å². The largest absolute Gasteiger partial charge is 0.0606 e. The van der Waals surface area contributed by atoms with Gasteiger partial charge in [0.25, 0.3) is 0 Å². The minimum absolute atomic E-state index is 1.10. The molecule has 0 aliphatic heterocycles. The zero-order valence-electron chi connectivity index (χ0n) is 8.55. The van der Waals surface area contributed by atoms with Crippen molar-refractivity contribution in [2.45, 2.75) is 13.3 Å². The van der Waals surface area contributed by atoms with Crippen LogP contribution < -0.4 is 0 Å². The molecule has 0 spiro atoms. The van der Waals surface area contributed by atoms with Crippen molar-refractivity contribution in [2.24, 2.45) is 0 Å². The summed E-state index contributed by atoms with van der Waals surface area (Å²) in [6, 6.07) is 13.3. The Balaban J connectivity index is 2.28. The minimum Gasteiger partial charge on any atom is -0.0606 e. The molecule has 2 aromatic rings. The molecule has 0 unspecified atom stereocenters. The number of benzene rings is 2. The van der Waals surface area contributed by atoms with Crippen LogP contribution in [0.15, 0.2) is 36.4 Å². The molecule has 2 aromatic carbocycles. The van der Waals surface area contributed by atoms with Crippen LogP contribution in [0.3, 0.4) is 0 Å². The summed E-state index contributed by atoms with van der Waals surface area (Å²) in [5.74, 6) is 0. The first kappa shape index (κ1) is 9.40. The van der Waals surface area contributed by atoms with Gasteiger partial charge in [-0.2, -0.15) is 0 Å². The van der Waals surface area contributed by atoms with E-state index in [9.17, 15) is 0 Å². The Hall–Kier alpha value is -0.830. The van der Waals surface area contributed by atoms with Gasteiger partial charge in [0.05, 0.1) is 0 Å². The van der Waals surface area contributed by atoms with Crippen LogP contribution in [0.25, 0.3) is 11.1 Å². The number of hydrogen-bond acceptors (Lipinski definition) is 0. The van der Waals surface area contributed by atoms with E-state index in [0.29, 0.717) is 0 Å². The maximum absolute atomic E-state index is 2.43. The lowest BCUT2D eigenvalue weighted by Gasteiger charge is -2.01. The zero-order valence-corrected chi connectivity index (χ0v) is 10.7. The van der Waals surface area contributed by atoms with Gasteiger partial charge in [0, 0.05) is 3.57 Å². The van der Waals surface area contributed by atoms with Gasteiger partial charge in [0.15, 0.2) is 0 Å². The average Bonchev–Trinajstić information content (AvgIpc) is 2.57. The lowest BCUT2D eigenvalue weighted by Crippen LogP contribution is -1.84. The molecular weight excluding hydrogens is 295 g/mol. The summed E-state index contributed by atoms with van der Waals surface area (Å²) < 4.78 is 1.39. The van der Waals surface area contributed by atoms with E-state index in [2.05, 4.69) is 65.9 Å². The highest BCUT2D eigenvalue weighted by Crippen LogP contribution is 2.38. The minimum atomic E-state index is 1.10. The summed E-state index contributed by atoms with van der Waals surface area (Å²) in [6.45, 7) is 2.16. The summed E-state index contributed by atoms with van der Waals surface area (Å²) >= 11 is 2.43. The van der Waals surface area contributed by atoms with E-state index in [1.54, 1.807) is 0 Å². The van der Waals surface area contributed by atoms with Crippen LogP contribution >= 0.6 is 22.6 Å². The lowest BCUT2D eigenvalue weighted by atomic mass is 10.0. The van der Waals surface area contributed by atoms with E-state index in [1.165, 1.54) is 31.4 Å². The van der Waals surface area contributed by atoms with Gasteiger partial charge in [-0.05, 0) is 64.3 Å². The molecule has 3 rings (SSSR count). The van der Waals surface area contributed by atoms with E-state index in [4.69, 9.17) is 0 Å². The van der Waals surface area contributed by atoms with Gasteiger partial charge >= 0.3 is 0 Å². The Morgan fingerprint density at radius 3 is 2.80 bits per heavy atom. The molecule has 1 aliphatic rings. The Morgan fingerprint density at radius 1 is 1.07 bits per heavy atom. The van der Waals surface area contributed by atoms with Crippen molar-refractivity contribution in [1.82, 2.24) is 0 Å². The molecule has 0 heterocycles. The van der Waals surface area contributed by atoms with Gasteiger partial charge in [0.1, 0.15) is 0 Å². The number of rotatable bonds is 0. The second-order valence-electron chi connectivity index (χ2n) is 4.10. The van der Waals surface area contributed by atoms with Gasteiger partial charge < -0.3 is 0 Å². The molecule has 0 N–H and O–H groups in total. The fourth-order valence-corrected chi connectivity index (χ4v) is 3.00. The SMILES string of the molecule is Cc1ccc2c(c1)Cc1c(I)cccc1-2. The maximum atomic E-state index is 2.43. The Morgan fingerprint density at radius 2 is 1.93 bits per heavy atom. The van der Waals surface area contributed by atoms with Crippen molar-refractivity contribution in [3.05, 3.63) is 56.7 Å². The number of aryl methyl sites for hydroxylation is 1.